The topological polar surface area (TPSA) is 25.8 Å². The molecule has 0 atom stereocenters. The van der Waals surface area contributed by atoms with Gasteiger partial charge in [-0.25, -0.2) is 0 Å². The van der Waals surface area contributed by atoms with Gasteiger partial charge in [-0.15, -0.1) is 0 Å². The molecule has 0 spiro atoms. The van der Waals surface area contributed by atoms with Crippen molar-refractivity contribution >= 4 is 11.1 Å². The monoisotopic (exact) mass is 278 g/mol. The Morgan fingerprint density at radius 3 is 1.86 bits per heavy atom. The Labute approximate surface area is 127 Å². The number of hydrogen-bond acceptors (Lipinski definition) is 2. The summed E-state index contributed by atoms with van der Waals surface area (Å²) in [6, 6.07) is 7.90. The molecule has 2 aromatic heterocycles. The van der Waals surface area contributed by atoms with Crippen LogP contribution in [0.4, 0.5) is 0 Å². The van der Waals surface area contributed by atoms with Crippen LogP contribution in [0.25, 0.3) is 11.1 Å². The summed E-state index contributed by atoms with van der Waals surface area (Å²) in [5.74, 6) is 0. The lowest BCUT2D eigenvalue weighted by Crippen LogP contribution is -1.85. The molecular weight excluding hydrogens is 256 g/mol. The molecule has 0 aliphatic heterocycles. The summed E-state index contributed by atoms with van der Waals surface area (Å²) < 4.78 is 0. The van der Waals surface area contributed by atoms with E-state index in [4.69, 9.17) is 0 Å². The maximum absolute atomic E-state index is 4.12. The summed E-state index contributed by atoms with van der Waals surface area (Å²) in [4.78, 5) is 8.06. The number of rotatable bonds is 4. The summed E-state index contributed by atoms with van der Waals surface area (Å²) in [7, 11) is 0. The predicted molar refractivity (Wildman–Crippen MR) is 91.6 cm³/mol. The summed E-state index contributed by atoms with van der Waals surface area (Å²) in [5.41, 5.74) is 4.29. The maximum atomic E-state index is 4.12. The van der Waals surface area contributed by atoms with Crippen LogP contribution < -0.4 is 0 Å². The fourth-order valence-electron chi connectivity index (χ4n) is 1.79. The van der Waals surface area contributed by atoms with Crippen molar-refractivity contribution < 1.29 is 0 Å². The Morgan fingerprint density at radius 1 is 0.905 bits per heavy atom. The molecule has 0 aliphatic rings. The van der Waals surface area contributed by atoms with Gasteiger partial charge >= 0.3 is 0 Å². The van der Waals surface area contributed by atoms with Crippen LogP contribution in [0.15, 0.2) is 73.9 Å². The van der Waals surface area contributed by atoms with E-state index in [0.29, 0.717) is 0 Å². The van der Waals surface area contributed by atoms with Gasteiger partial charge in [0.1, 0.15) is 0 Å². The van der Waals surface area contributed by atoms with Crippen LogP contribution in [0.2, 0.25) is 0 Å². The van der Waals surface area contributed by atoms with Crippen molar-refractivity contribution in [3.8, 4) is 0 Å². The van der Waals surface area contributed by atoms with E-state index in [0.717, 1.165) is 22.3 Å². The van der Waals surface area contributed by atoms with Crippen LogP contribution >= 0.6 is 0 Å². The van der Waals surface area contributed by atoms with Crippen LogP contribution in [0.5, 0.6) is 0 Å². The van der Waals surface area contributed by atoms with Crippen LogP contribution in [0.3, 0.4) is 0 Å². The zero-order valence-electron chi connectivity index (χ0n) is 13.0. The first-order valence-electron chi connectivity index (χ1n) is 7.15. The fourth-order valence-corrected chi connectivity index (χ4v) is 1.79. The van der Waals surface area contributed by atoms with Gasteiger partial charge in [-0.1, -0.05) is 32.6 Å². The molecule has 2 heterocycles. The summed E-state index contributed by atoms with van der Waals surface area (Å²) in [5, 5.41) is 0. The van der Waals surface area contributed by atoms with Crippen LogP contribution in [-0.2, 0) is 0 Å². The lowest BCUT2D eigenvalue weighted by molar-refractivity contribution is 1.31. The van der Waals surface area contributed by atoms with E-state index in [1.807, 2.05) is 51.1 Å². The third-order valence-electron chi connectivity index (χ3n) is 2.74. The van der Waals surface area contributed by atoms with E-state index < -0.39 is 0 Å². The van der Waals surface area contributed by atoms with E-state index in [1.54, 1.807) is 24.8 Å². The average Bonchev–Trinajstić information content (AvgIpc) is 2.58. The molecule has 0 saturated carbocycles. The fraction of sp³-hybridized carbons (Fsp3) is 0.158. The third kappa shape index (κ3) is 5.19. The van der Waals surface area contributed by atoms with Crippen LogP contribution in [0, 0.1) is 0 Å². The zero-order valence-corrected chi connectivity index (χ0v) is 13.0. The van der Waals surface area contributed by atoms with E-state index in [2.05, 4.69) is 28.7 Å². The summed E-state index contributed by atoms with van der Waals surface area (Å²) in [6.45, 7) is 10.1. The average molecular weight is 278 g/mol. The van der Waals surface area contributed by atoms with Gasteiger partial charge in [-0.2, -0.15) is 0 Å². The predicted octanol–water partition coefficient (Wildman–Crippen LogP) is 5.18. The molecular formula is C19H22N2. The van der Waals surface area contributed by atoms with Gasteiger partial charge in [0.15, 0.2) is 0 Å². The lowest BCUT2D eigenvalue weighted by atomic mass is 10.0. The molecule has 2 nitrogen and oxygen atoms in total. The Balaban J connectivity index is 0.00000106. The second-order valence-electron chi connectivity index (χ2n) is 4.10. The van der Waals surface area contributed by atoms with Gasteiger partial charge in [0.2, 0.25) is 0 Å². The first-order chi connectivity index (χ1) is 10.3. The van der Waals surface area contributed by atoms with Gasteiger partial charge < -0.3 is 0 Å². The molecule has 0 unspecified atom stereocenters. The third-order valence-corrected chi connectivity index (χ3v) is 2.74. The van der Waals surface area contributed by atoms with Crippen molar-refractivity contribution in [2.75, 3.05) is 0 Å². The molecule has 0 bridgehead atoms. The van der Waals surface area contributed by atoms with Gasteiger partial charge in [-0.05, 0) is 59.5 Å². The molecule has 108 valence electrons. The second kappa shape index (κ2) is 9.43. The van der Waals surface area contributed by atoms with E-state index in [-0.39, 0.29) is 0 Å². The minimum absolute atomic E-state index is 0.965. The number of allylic oxidation sites excluding steroid dienone is 5. The Hall–Kier alpha value is -2.48. The molecule has 2 heteroatoms. The van der Waals surface area contributed by atoms with Gasteiger partial charge in [0, 0.05) is 24.8 Å². The number of hydrogen-bond donors (Lipinski definition) is 0. The minimum atomic E-state index is 0.965. The molecule has 0 fully saturated rings. The molecule has 21 heavy (non-hydrogen) atoms. The largest absolute Gasteiger partial charge is 0.265 e. The molecule has 0 saturated heterocycles. The first kappa shape index (κ1) is 16.6. The van der Waals surface area contributed by atoms with Crippen molar-refractivity contribution in [1.82, 2.24) is 9.97 Å². The quantitative estimate of drug-likeness (QED) is 0.720. The maximum Gasteiger partial charge on any atom is 0.0273 e. The van der Waals surface area contributed by atoms with Crippen LogP contribution in [-0.4, -0.2) is 9.97 Å². The number of nitrogens with zero attached hydrogens (tertiary/aromatic N) is 2. The highest BCUT2D eigenvalue weighted by Gasteiger charge is 2.00. The van der Waals surface area contributed by atoms with Gasteiger partial charge in [0.25, 0.3) is 0 Å². The SMILES string of the molecule is C=C(/C=C(\C=C/C)c1ccncc1)c1ccncc1.CC. The highest BCUT2D eigenvalue weighted by Crippen LogP contribution is 2.21. The zero-order chi connectivity index (χ0) is 15.5. The Morgan fingerprint density at radius 2 is 1.38 bits per heavy atom. The normalized spacial score (nSPS) is 10.9. The second-order valence-corrected chi connectivity index (χ2v) is 4.10. The molecule has 0 radical (unpaired) electrons. The molecule has 0 N–H and O–H groups in total. The van der Waals surface area contributed by atoms with E-state index in [9.17, 15) is 0 Å². The van der Waals surface area contributed by atoms with Crippen molar-refractivity contribution in [3.05, 3.63) is 85.0 Å². The Bertz CT molecular complexity index is 596. The van der Waals surface area contributed by atoms with Crippen LogP contribution in [0.1, 0.15) is 31.9 Å². The highest BCUT2D eigenvalue weighted by atomic mass is 14.6. The first-order valence-corrected chi connectivity index (χ1v) is 7.15. The smallest absolute Gasteiger partial charge is 0.0273 e. The van der Waals surface area contributed by atoms with Crippen molar-refractivity contribution in [1.29, 1.82) is 0 Å². The summed E-state index contributed by atoms with van der Waals surface area (Å²) in [6.07, 6.45) is 13.3. The molecule has 0 aromatic carbocycles. The Kier molecular flexibility index (Phi) is 7.44. The van der Waals surface area contributed by atoms with Crippen molar-refractivity contribution in [2.24, 2.45) is 0 Å². The standard InChI is InChI=1S/C17H16N2.C2H6/c1-3-4-17(16-7-11-19-12-8-16)13-14(2)15-5-9-18-10-6-15;1-2/h3-13H,2H2,1H3;1-2H3/b4-3-,17-13+;. The number of aromatic nitrogens is 2. The van der Waals surface area contributed by atoms with Gasteiger partial charge in [-0.3, -0.25) is 9.97 Å². The van der Waals surface area contributed by atoms with E-state index >= 15 is 0 Å². The van der Waals surface area contributed by atoms with Gasteiger partial charge in [0.05, 0.1) is 0 Å². The van der Waals surface area contributed by atoms with E-state index in [1.165, 1.54) is 0 Å². The van der Waals surface area contributed by atoms with Crippen molar-refractivity contribution in [2.45, 2.75) is 20.8 Å². The molecule has 2 aromatic rings. The molecule has 0 aliphatic carbocycles. The highest BCUT2D eigenvalue weighted by molar-refractivity contribution is 5.86. The minimum Gasteiger partial charge on any atom is -0.265 e. The lowest BCUT2D eigenvalue weighted by Gasteiger charge is -2.05. The molecule has 0 amide bonds. The number of pyridine rings is 2. The summed E-state index contributed by atoms with van der Waals surface area (Å²) >= 11 is 0. The molecule has 2 rings (SSSR count). The van der Waals surface area contributed by atoms with Crippen molar-refractivity contribution in [3.63, 3.8) is 0 Å².